The maximum atomic E-state index is 14.4. The van der Waals surface area contributed by atoms with Gasteiger partial charge in [-0.15, -0.1) is 11.3 Å². The second-order valence-electron chi connectivity index (χ2n) is 6.80. The van der Waals surface area contributed by atoms with Crippen LogP contribution in [0.4, 0.5) is 4.39 Å². The van der Waals surface area contributed by atoms with E-state index in [1.165, 1.54) is 17.4 Å². The summed E-state index contributed by atoms with van der Waals surface area (Å²) in [5, 5.41) is 6.45. The largest absolute Gasteiger partial charge is 0.342 e. The molecule has 0 saturated heterocycles. The van der Waals surface area contributed by atoms with Crippen LogP contribution in [0.25, 0.3) is 32.9 Å². The fourth-order valence-corrected chi connectivity index (χ4v) is 3.90. The van der Waals surface area contributed by atoms with Gasteiger partial charge >= 0.3 is 0 Å². The van der Waals surface area contributed by atoms with Gasteiger partial charge in [-0.2, -0.15) is 0 Å². The van der Waals surface area contributed by atoms with Crippen molar-refractivity contribution in [2.24, 2.45) is 0 Å². The minimum Gasteiger partial charge on any atom is -0.342 e. The van der Waals surface area contributed by atoms with E-state index in [2.05, 4.69) is 17.1 Å². The highest BCUT2D eigenvalue weighted by molar-refractivity contribution is 7.13. The number of thiophene rings is 1. The fraction of sp³-hybridized carbons (Fsp3) is 0.227. The molecule has 0 aliphatic rings. The number of benzene rings is 1. The number of unbranched alkanes of at least 4 members (excludes halogenated alkanes) is 1. The summed E-state index contributed by atoms with van der Waals surface area (Å²) in [6.07, 6.45) is 1.88. The van der Waals surface area contributed by atoms with Crippen molar-refractivity contribution in [1.82, 2.24) is 15.0 Å². The maximum Gasteiger partial charge on any atom is 0.259 e. The Kier molecular flexibility index (Phi) is 5.40. The number of hydrogen-bond donors (Lipinski definition) is 0. The van der Waals surface area contributed by atoms with Gasteiger partial charge in [-0.25, -0.2) is 9.37 Å². The number of aromatic nitrogens is 2. The minimum absolute atomic E-state index is 0.163. The summed E-state index contributed by atoms with van der Waals surface area (Å²) in [6.45, 7) is 2.71. The summed E-state index contributed by atoms with van der Waals surface area (Å²) in [7, 11) is 1.77. The Morgan fingerprint density at radius 2 is 2.07 bits per heavy atom. The lowest BCUT2D eigenvalue weighted by molar-refractivity contribution is 0.0795. The molecule has 7 heteroatoms. The van der Waals surface area contributed by atoms with E-state index >= 15 is 0 Å². The quantitative estimate of drug-likeness (QED) is 0.414. The van der Waals surface area contributed by atoms with Gasteiger partial charge in [0.15, 0.2) is 0 Å². The van der Waals surface area contributed by atoms with Crippen molar-refractivity contribution >= 4 is 28.3 Å². The second-order valence-corrected chi connectivity index (χ2v) is 7.75. The third-order valence-corrected chi connectivity index (χ3v) is 5.67. The number of carbonyl (C=O) groups is 1. The molecule has 4 rings (SSSR count). The maximum absolute atomic E-state index is 14.4. The number of amides is 1. The van der Waals surface area contributed by atoms with Gasteiger partial charge in [0.25, 0.3) is 11.6 Å². The van der Waals surface area contributed by atoms with Crippen LogP contribution in [0.1, 0.15) is 30.1 Å². The van der Waals surface area contributed by atoms with E-state index < -0.39 is 5.82 Å². The van der Waals surface area contributed by atoms with Crippen LogP contribution >= 0.6 is 11.3 Å². The fourth-order valence-electron chi connectivity index (χ4n) is 3.21. The Morgan fingerprint density at radius 3 is 2.79 bits per heavy atom. The summed E-state index contributed by atoms with van der Waals surface area (Å²) in [5.41, 5.74) is 1.84. The molecule has 0 spiro atoms. The van der Waals surface area contributed by atoms with Crippen LogP contribution in [0.5, 0.6) is 0 Å². The molecule has 0 radical (unpaired) electrons. The monoisotopic (exact) mass is 409 g/mol. The van der Waals surface area contributed by atoms with Crippen LogP contribution in [0.15, 0.2) is 52.4 Å². The Morgan fingerprint density at radius 1 is 1.24 bits per heavy atom. The SMILES string of the molecule is CCCCN(C)C(=O)c1cc(-c2cccs2)nc2onc(-c3ccccc3F)c12. The number of fused-ring (bicyclic) bond motifs is 1. The van der Waals surface area contributed by atoms with E-state index in [0.29, 0.717) is 23.2 Å². The second kappa shape index (κ2) is 8.13. The lowest BCUT2D eigenvalue weighted by atomic mass is 10.0. The van der Waals surface area contributed by atoms with Crippen molar-refractivity contribution in [1.29, 1.82) is 0 Å². The van der Waals surface area contributed by atoms with Crippen molar-refractivity contribution in [2.45, 2.75) is 19.8 Å². The highest BCUT2D eigenvalue weighted by atomic mass is 32.1. The first-order valence-corrected chi connectivity index (χ1v) is 10.3. The van der Waals surface area contributed by atoms with Crippen molar-refractivity contribution in [3.63, 3.8) is 0 Å². The van der Waals surface area contributed by atoms with Gasteiger partial charge in [0.1, 0.15) is 11.5 Å². The highest BCUT2D eigenvalue weighted by Crippen LogP contribution is 2.35. The van der Waals surface area contributed by atoms with Crippen molar-refractivity contribution in [3.05, 3.63) is 59.2 Å². The van der Waals surface area contributed by atoms with Gasteiger partial charge in [0, 0.05) is 19.2 Å². The van der Waals surface area contributed by atoms with Gasteiger partial charge < -0.3 is 9.42 Å². The van der Waals surface area contributed by atoms with Gasteiger partial charge in [0.2, 0.25) is 0 Å². The molecule has 3 aromatic heterocycles. The number of rotatable bonds is 6. The predicted molar refractivity (Wildman–Crippen MR) is 112 cm³/mol. The molecule has 0 unspecified atom stereocenters. The molecule has 1 amide bonds. The topological polar surface area (TPSA) is 59.2 Å². The van der Waals surface area contributed by atoms with Gasteiger partial charge in [-0.05, 0) is 36.1 Å². The normalized spacial score (nSPS) is 11.1. The van der Waals surface area contributed by atoms with E-state index in [1.54, 1.807) is 36.2 Å². The molecule has 0 N–H and O–H groups in total. The van der Waals surface area contributed by atoms with Crippen LogP contribution in [0.3, 0.4) is 0 Å². The smallest absolute Gasteiger partial charge is 0.259 e. The van der Waals surface area contributed by atoms with Crippen molar-refractivity contribution in [3.8, 4) is 21.8 Å². The average Bonchev–Trinajstić information content (AvgIpc) is 3.41. The summed E-state index contributed by atoms with van der Waals surface area (Å²) in [4.78, 5) is 20.4. The zero-order valence-electron chi connectivity index (χ0n) is 16.2. The Balaban J connectivity index is 1.92. The standard InChI is InChI=1S/C22H20FN3O2S/c1-3-4-11-26(2)22(27)15-13-17(18-10-7-12-29-18)24-21-19(15)20(25-28-21)14-8-5-6-9-16(14)23/h5-10,12-13H,3-4,11H2,1-2H3. The van der Waals surface area contributed by atoms with Crippen molar-refractivity contribution < 1.29 is 13.7 Å². The number of carbonyl (C=O) groups excluding carboxylic acids is 1. The van der Waals surface area contributed by atoms with E-state index in [0.717, 1.165) is 17.7 Å². The zero-order valence-corrected chi connectivity index (χ0v) is 17.0. The molecule has 0 aliphatic carbocycles. The van der Waals surface area contributed by atoms with Gasteiger partial charge in [0.05, 0.1) is 21.5 Å². The number of pyridine rings is 1. The molecule has 0 bridgehead atoms. The van der Waals surface area contributed by atoms with E-state index in [-0.39, 0.29) is 22.9 Å². The van der Waals surface area contributed by atoms with Crippen molar-refractivity contribution in [2.75, 3.05) is 13.6 Å². The summed E-state index contributed by atoms with van der Waals surface area (Å²) < 4.78 is 19.9. The molecule has 29 heavy (non-hydrogen) atoms. The predicted octanol–water partition coefficient (Wildman–Crippen LogP) is 5.63. The molecule has 0 atom stereocenters. The molecule has 0 fully saturated rings. The summed E-state index contributed by atoms with van der Waals surface area (Å²) in [6, 6.07) is 11.9. The van der Waals surface area contributed by atoms with E-state index in [4.69, 9.17) is 4.52 Å². The molecule has 0 saturated carbocycles. The molecule has 3 heterocycles. The highest BCUT2D eigenvalue weighted by Gasteiger charge is 2.25. The molecular weight excluding hydrogens is 389 g/mol. The van der Waals surface area contributed by atoms with Gasteiger partial charge in [-0.3, -0.25) is 4.79 Å². The first-order valence-electron chi connectivity index (χ1n) is 9.44. The Bertz CT molecular complexity index is 1150. The number of nitrogens with zero attached hydrogens (tertiary/aromatic N) is 3. The molecule has 1 aromatic carbocycles. The van der Waals surface area contributed by atoms with Crippen LogP contribution in [-0.4, -0.2) is 34.5 Å². The summed E-state index contributed by atoms with van der Waals surface area (Å²) >= 11 is 1.52. The van der Waals surface area contributed by atoms with Crippen LogP contribution in [0.2, 0.25) is 0 Å². The van der Waals surface area contributed by atoms with E-state index in [9.17, 15) is 9.18 Å². The van der Waals surface area contributed by atoms with Crippen LogP contribution in [0, 0.1) is 5.82 Å². The van der Waals surface area contributed by atoms with E-state index in [1.807, 2.05) is 17.5 Å². The third-order valence-electron chi connectivity index (χ3n) is 4.77. The number of hydrogen-bond acceptors (Lipinski definition) is 5. The molecule has 0 aliphatic heterocycles. The van der Waals surface area contributed by atoms with Crippen LogP contribution in [-0.2, 0) is 0 Å². The lowest BCUT2D eigenvalue weighted by Crippen LogP contribution is -2.28. The minimum atomic E-state index is -0.428. The zero-order chi connectivity index (χ0) is 20.4. The van der Waals surface area contributed by atoms with Gasteiger partial charge in [-0.1, -0.05) is 36.7 Å². The number of halogens is 1. The Hall–Kier alpha value is -3.06. The first-order chi connectivity index (χ1) is 14.1. The Labute approximate surface area is 171 Å². The lowest BCUT2D eigenvalue weighted by Gasteiger charge is -2.17. The first kappa shape index (κ1) is 19.3. The third kappa shape index (κ3) is 3.65. The molecule has 5 nitrogen and oxygen atoms in total. The van der Waals surface area contributed by atoms with Crippen LogP contribution < -0.4 is 0 Å². The average molecular weight is 409 g/mol. The molecule has 4 aromatic rings. The molecule has 148 valence electrons. The summed E-state index contributed by atoms with van der Waals surface area (Å²) in [5.74, 6) is -0.591. The molecular formula is C22H20FN3O2S.